The van der Waals surface area contributed by atoms with Gasteiger partial charge in [-0.3, -0.25) is 4.55 Å². The van der Waals surface area contributed by atoms with Crippen molar-refractivity contribution in [2.75, 3.05) is 5.32 Å². The third-order valence-electron chi connectivity index (χ3n) is 5.93. The molecule has 0 saturated heterocycles. The number of nitrogens with one attached hydrogen (secondary N) is 1. The maximum Gasteiger partial charge on any atom is 0.294 e. The van der Waals surface area contributed by atoms with Crippen LogP contribution in [0.3, 0.4) is 0 Å². The molecule has 0 radical (unpaired) electrons. The number of thiazole rings is 1. The van der Waals surface area contributed by atoms with Gasteiger partial charge in [0.25, 0.3) is 15.1 Å². The number of aryl methyl sites for hydroxylation is 1. The first-order chi connectivity index (χ1) is 18.9. The molecule has 0 aliphatic carbocycles. The van der Waals surface area contributed by atoms with E-state index in [0.717, 1.165) is 17.8 Å². The van der Waals surface area contributed by atoms with Crippen LogP contribution in [0.5, 0.6) is 0 Å². The number of nitrogens with zero attached hydrogens (tertiary/aromatic N) is 1. The van der Waals surface area contributed by atoms with Gasteiger partial charge in [0.05, 0.1) is 4.90 Å². The fourth-order valence-corrected chi connectivity index (χ4v) is 5.74. The van der Waals surface area contributed by atoms with Crippen LogP contribution in [0.25, 0.3) is 27.8 Å². The van der Waals surface area contributed by atoms with Gasteiger partial charge in [-0.25, -0.2) is 0 Å². The molecule has 0 saturated carbocycles. The van der Waals surface area contributed by atoms with Crippen LogP contribution in [0, 0.1) is 6.92 Å². The summed E-state index contributed by atoms with van der Waals surface area (Å²) in [5, 5.41) is 4.59. The van der Waals surface area contributed by atoms with Crippen LogP contribution in [0.15, 0.2) is 126 Å². The summed E-state index contributed by atoms with van der Waals surface area (Å²) in [5.74, 6) is 0. The Labute approximate surface area is 234 Å². The smallest absolute Gasteiger partial charge is 0.294 e. The van der Waals surface area contributed by atoms with Crippen molar-refractivity contribution in [2.24, 2.45) is 0 Å². The van der Waals surface area contributed by atoms with Crippen molar-refractivity contribution in [3.05, 3.63) is 132 Å². The summed E-state index contributed by atoms with van der Waals surface area (Å²) in [7, 11) is -4.02. The predicted molar refractivity (Wildman–Crippen MR) is 161 cm³/mol. The third kappa shape index (κ3) is 7.51. The first kappa shape index (κ1) is 28.0. The molecule has 198 valence electrons. The van der Waals surface area contributed by atoms with E-state index in [4.69, 9.17) is 4.55 Å². The van der Waals surface area contributed by atoms with Gasteiger partial charge in [-0.1, -0.05) is 95.8 Å². The molecule has 0 aliphatic rings. The quantitative estimate of drug-likeness (QED) is 0.159. The van der Waals surface area contributed by atoms with Crippen LogP contribution in [0.1, 0.15) is 17.5 Å². The second kappa shape index (κ2) is 13.2. The number of aromatic nitrogens is 1. The van der Waals surface area contributed by atoms with Crippen molar-refractivity contribution in [1.29, 1.82) is 0 Å². The van der Waals surface area contributed by atoms with Crippen LogP contribution in [-0.4, -0.2) is 13.0 Å². The fourth-order valence-electron chi connectivity index (χ4n) is 4.00. The summed E-state index contributed by atoms with van der Waals surface area (Å²) in [6.45, 7) is 4.96. The largest absolute Gasteiger partial charge is 0.361 e. The van der Waals surface area contributed by atoms with Crippen molar-refractivity contribution < 1.29 is 17.5 Å². The highest BCUT2D eigenvalue weighted by Gasteiger charge is 2.26. The summed E-state index contributed by atoms with van der Waals surface area (Å²) in [6, 6.07) is 37.5. The van der Waals surface area contributed by atoms with E-state index in [1.165, 1.54) is 38.8 Å². The molecule has 39 heavy (non-hydrogen) atoms. The van der Waals surface area contributed by atoms with Gasteiger partial charge in [-0.2, -0.15) is 13.0 Å². The van der Waals surface area contributed by atoms with E-state index in [1.807, 2.05) is 42.7 Å². The van der Waals surface area contributed by atoms with E-state index >= 15 is 0 Å². The Hall–Kier alpha value is -4.04. The Morgan fingerprint density at radius 2 is 1.33 bits per heavy atom. The Morgan fingerprint density at radius 1 is 0.795 bits per heavy atom. The molecular weight excluding hydrogens is 524 g/mol. The number of rotatable bonds is 7. The zero-order chi connectivity index (χ0) is 27.7. The number of hydrogen-bond acceptors (Lipinski definition) is 4. The predicted octanol–water partition coefficient (Wildman–Crippen LogP) is 7.71. The molecule has 5 aromatic rings. The lowest BCUT2D eigenvalue weighted by Gasteiger charge is -2.02. The van der Waals surface area contributed by atoms with Gasteiger partial charge in [-0.15, -0.1) is 0 Å². The molecule has 1 heterocycles. The van der Waals surface area contributed by atoms with Gasteiger partial charge in [-0.05, 0) is 55.8 Å². The Morgan fingerprint density at radius 3 is 1.87 bits per heavy atom. The van der Waals surface area contributed by atoms with Crippen molar-refractivity contribution in [1.82, 2.24) is 0 Å². The van der Waals surface area contributed by atoms with E-state index in [1.54, 1.807) is 12.1 Å². The van der Waals surface area contributed by atoms with E-state index in [0.29, 0.717) is 0 Å². The van der Waals surface area contributed by atoms with Crippen molar-refractivity contribution >= 4 is 33.2 Å². The first-order valence-corrected chi connectivity index (χ1v) is 14.8. The highest BCUT2D eigenvalue weighted by Crippen LogP contribution is 2.36. The summed E-state index contributed by atoms with van der Waals surface area (Å²) in [4.78, 5) is 1.23. The molecular formula is C32H31N2O3S2+. The van der Waals surface area contributed by atoms with Gasteiger partial charge < -0.3 is 5.32 Å². The van der Waals surface area contributed by atoms with Crippen LogP contribution in [0.2, 0.25) is 0 Å². The molecule has 0 fully saturated rings. The third-order valence-corrected chi connectivity index (χ3v) is 7.99. The minimum Gasteiger partial charge on any atom is -0.361 e. The molecule has 0 unspecified atom stereocenters. The van der Waals surface area contributed by atoms with E-state index < -0.39 is 10.1 Å². The molecule has 0 bridgehead atoms. The SMILES string of the molecule is CC[n+]1c(C=CNc2ccccc2)sc(-c2ccccc2)c1-c1ccccc1.Cc1ccc(S(=O)(=O)O)cc1. The topological polar surface area (TPSA) is 70.3 Å². The van der Waals surface area contributed by atoms with Crippen molar-refractivity contribution in [3.63, 3.8) is 0 Å². The molecule has 0 spiro atoms. The molecule has 0 amide bonds. The molecule has 2 N–H and O–H groups in total. The Bertz CT molecular complexity index is 1610. The highest BCUT2D eigenvalue weighted by atomic mass is 32.2. The zero-order valence-electron chi connectivity index (χ0n) is 21.9. The second-order valence-electron chi connectivity index (χ2n) is 8.73. The van der Waals surface area contributed by atoms with Gasteiger partial charge in [0.2, 0.25) is 5.69 Å². The molecule has 0 atom stereocenters. The summed E-state index contributed by atoms with van der Waals surface area (Å²) in [6.07, 6.45) is 4.19. The number of anilines is 1. The van der Waals surface area contributed by atoms with Gasteiger partial charge in [0.15, 0.2) is 0 Å². The molecule has 5 rings (SSSR count). The van der Waals surface area contributed by atoms with Crippen molar-refractivity contribution in [3.8, 4) is 21.7 Å². The number of benzene rings is 4. The van der Waals surface area contributed by atoms with Crippen LogP contribution in [-0.2, 0) is 16.7 Å². The number of para-hydroxylation sites is 1. The minimum atomic E-state index is -4.02. The monoisotopic (exact) mass is 555 g/mol. The van der Waals surface area contributed by atoms with Gasteiger partial charge in [0.1, 0.15) is 11.4 Å². The lowest BCUT2D eigenvalue weighted by molar-refractivity contribution is -0.679. The average molecular weight is 556 g/mol. The summed E-state index contributed by atoms with van der Waals surface area (Å²) < 4.78 is 31.9. The minimum absolute atomic E-state index is 0.0666. The maximum atomic E-state index is 10.5. The van der Waals surface area contributed by atoms with E-state index in [-0.39, 0.29) is 4.90 Å². The molecule has 4 aromatic carbocycles. The zero-order valence-corrected chi connectivity index (χ0v) is 23.5. The van der Waals surface area contributed by atoms with E-state index in [9.17, 15) is 8.42 Å². The fraction of sp³-hybridized carbons (Fsp3) is 0.0938. The molecule has 7 heteroatoms. The first-order valence-electron chi connectivity index (χ1n) is 12.6. The molecule has 0 aliphatic heterocycles. The lowest BCUT2D eigenvalue weighted by Crippen LogP contribution is -2.35. The van der Waals surface area contributed by atoms with Gasteiger partial charge >= 0.3 is 0 Å². The van der Waals surface area contributed by atoms with Crippen molar-refractivity contribution in [2.45, 2.75) is 25.3 Å². The van der Waals surface area contributed by atoms with E-state index in [2.05, 4.69) is 95.7 Å². The molecule has 1 aromatic heterocycles. The molecule has 5 nitrogen and oxygen atoms in total. The maximum absolute atomic E-state index is 10.5. The van der Waals surface area contributed by atoms with Crippen LogP contribution in [0.4, 0.5) is 5.69 Å². The average Bonchev–Trinajstić information content (AvgIpc) is 3.33. The summed E-state index contributed by atoms with van der Waals surface area (Å²) >= 11 is 1.83. The lowest BCUT2D eigenvalue weighted by atomic mass is 10.1. The Kier molecular flexibility index (Phi) is 9.44. The highest BCUT2D eigenvalue weighted by molar-refractivity contribution is 7.85. The Balaban J connectivity index is 0.000000270. The van der Waals surface area contributed by atoms with Crippen LogP contribution < -0.4 is 9.88 Å². The number of hydrogen-bond donors (Lipinski definition) is 2. The van der Waals surface area contributed by atoms with Crippen LogP contribution >= 0.6 is 11.3 Å². The standard InChI is InChI=1S/C25H22N2S.C7H8O3S/c1-2-27-23(18-19-26-22-16-10-5-11-17-22)28-25(21-14-8-4-9-15-21)24(27)20-12-6-3-7-13-20;1-6-2-4-7(5-3-6)11(8,9)10/h3-19H,2H2,1H3;2-5H,1H3,(H,8,9,10)/p+1. The second-order valence-corrected chi connectivity index (χ2v) is 11.2. The normalized spacial score (nSPS) is 11.2. The van der Waals surface area contributed by atoms with Gasteiger partial charge in [0, 0.05) is 23.5 Å². The summed E-state index contributed by atoms with van der Waals surface area (Å²) in [5.41, 5.74) is 5.82.